The third kappa shape index (κ3) is 0.634. The van der Waals surface area contributed by atoms with E-state index in [0.717, 1.165) is 12.3 Å². The number of ketones is 1. The van der Waals surface area contributed by atoms with Gasteiger partial charge in [0, 0.05) is 12.3 Å². The van der Waals surface area contributed by atoms with Gasteiger partial charge in [-0.3, -0.25) is 4.79 Å². The Bertz CT molecular complexity index is 266. The molecule has 0 aromatic rings. The zero-order valence-electron chi connectivity index (χ0n) is 7.36. The van der Waals surface area contributed by atoms with Gasteiger partial charge in [0.25, 0.3) is 0 Å². The second-order valence-electron chi connectivity index (χ2n) is 4.70. The molecule has 64 valence electrons. The SMILES string of the molecule is CC1CC(=O)C2C3C=CC(C3)C12. The predicted octanol–water partition coefficient (Wildman–Crippen LogP) is 2.03. The molecule has 2 fully saturated rings. The van der Waals surface area contributed by atoms with Crippen molar-refractivity contribution in [1.82, 2.24) is 0 Å². The molecule has 0 saturated heterocycles. The lowest BCUT2D eigenvalue weighted by Gasteiger charge is -2.21. The lowest BCUT2D eigenvalue weighted by molar-refractivity contribution is -0.121. The fourth-order valence-electron chi connectivity index (χ4n) is 3.68. The molecule has 3 rings (SSSR count). The molecule has 2 saturated carbocycles. The minimum Gasteiger partial charge on any atom is -0.299 e. The van der Waals surface area contributed by atoms with E-state index >= 15 is 0 Å². The fourth-order valence-corrected chi connectivity index (χ4v) is 3.68. The number of hydrogen-bond acceptors (Lipinski definition) is 1. The number of allylic oxidation sites excluding steroid dienone is 2. The third-order valence-corrected chi connectivity index (χ3v) is 4.07. The first-order valence-electron chi connectivity index (χ1n) is 4.98. The number of carbonyl (C=O) groups is 1. The highest BCUT2D eigenvalue weighted by atomic mass is 16.1. The lowest BCUT2D eigenvalue weighted by atomic mass is 9.82. The highest BCUT2D eigenvalue weighted by Gasteiger charge is 2.53. The number of fused-ring (bicyclic) bond motifs is 5. The molecule has 5 unspecified atom stereocenters. The van der Waals surface area contributed by atoms with Crippen LogP contribution in [-0.4, -0.2) is 5.78 Å². The van der Waals surface area contributed by atoms with Crippen molar-refractivity contribution in [2.45, 2.75) is 19.8 Å². The van der Waals surface area contributed by atoms with Gasteiger partial charge in [0.05, 0.1) is 0 Å². The van der Waals surface area contributed by atoms with Crippen LogP contribution in [-0.2, 0) is 4.79 Å². The van der Waals surface area contributed by atoms with E-state index in [1.165, 1.54) is 6.42 Å². The van der Waals surface area contributed by atoms with Gasteiger partial charge in [-0.2, -0.15) is 0 Å². The lowest BCUT2D eigenvalue weighted by Crippen LogP contribution is -2.20. The molecule has 2 bridgehead atoms. The van der Waals surface area contributed by atoms with Crippen LogP contribution < -0.4 is 0 Å². The summed E-state index contributed by atoms with van der Waals surface area (Å²) in [6.07, 6.45) is 6.75. The summed E-state index contributed by atoms with van der Waals surface area (Å²) >= 11 is 0. The van der Waals surface area contributed by atoms with Gasteiger partial charge in [-0.05, 0) is 30.1 Å². The molecule has 3 aliphatic carbocycles. The van der Waals surface area contributed by atoms with Gasteiger partial charge in [0.1, 0.15) is 5.78 Å². The molecule has 3 aliphatic rings. The van der Waals surface area contributed by atoms with E-state index in [1.807, 2.05) is 0 Å². The van der Waals surface area contributed by atoms with Gasteiger partial charge >= 0.3 is 0 Å². The van der Waals surface area contributed by atoms with Crippen molar-refractivity contribution in [3.05, 3.63) is 12.2 Å². The zero-order valence-corrected chi connectivity index (χ0v) is 7.36. The Hall–Kier alpha value is -0.590. The van der Waals surface area contributed by atoms with Gasteiger partial charge in [-0.25, -0.2) is 0 Å². The first kappa shape index (κ1) is 6.88. The second kappa shape index (κ2) is 2.01. The number of Topliss-reactive ketones (excluding diaryl/α,β-unsaturated/α-hetero) is 1. The standard InChI is InChI=1S/C11H14O/c1-6-4-9(12)11-8-3-2-7(5-8)10(6)11/h2-3,6-8,10-11H,4-5H2,1H3. The van der Waals surface area contributed by atoms with E-state index in [-0.39, 0.29) is 0 Å². The molecule has 0 spiro atoms. The van der Waals surface area contributed by atoms with E-state index in [0.29, 0.717) is 29.5 Å². The first-order chi connectivity index (χ1) is 5.77. The Morgan fingerprint density at radius 1 is 1.33 bits per heavy atom. The smallest absolute Gasteiger partial charge is 0.137 e. The van der Waals surface area contributed by atoms with Crippen molar-refractivity contribution >= 4 is 5.78 Å². The highest BCUT2D eigenvalue weighted by molar-refractivity contribution is 5.85. The summed E-state index contributed by atoms with van der Waals surface area (Å²) in [7, 11) is 0. The molecule has 0 N–H and O–H groups in total. The van der Waals surface area contributed by atoms with E-state index in [9.17, 15) is 4.79 Å². The minimum absolute atomic E-state index is 0.426. The molecule has 0 amide bonds. The molecule has 0 radical (unpaired) electrons. The Morgan fingerprint density at radius 2 is 2.08 bits per heavy atom. The first-order valence-corrected chi connectivity index (χ1v) is 4.98. The fraction of sp³-hybridized carbons (Fsp3) is 0.727. The largest absolute Gasteiger partial charge is 0.299 e. The normalized spacial score (nSPS) is 55.1. The van der Waals surface area contributed by atoms with Crippen molar-refractivity contribution in [3.8, 4) is 0 Å². The number of rotatable bonds is 0. The molecular weight excluding hydrogens is 148 g/mol. The second-order valence-corrected chi connectivity index (χ2v) is 4.70. The van der Waals surface area contributed by atoms with E-state index in [4.69, 9.17) is 0 Å². The molecule has 1 heteroatoms. The zero-order chi connectivity index (χ0) is 8.29. The van der Waals surface area contributed by atoms with Crippen LogP contribution in [0.15, 0.2) is 12.2 Å². The van der Waals surface area contributed by atoms with E-state index in [2.05, 4.69) is 19.1 Å². The Kier molecular flexibility index (Phi) is 1.15. The van der Waals surface area contributed by atoms with Crippen LogP contribution in [0.2, 0.25) is 0 Å². The maximum absolute atomic E-state index is 11.6. The maximum Gasteiger partial charge on any atom is 0.137 e. The van der Waals surface area contributed by atoms with Crippen molar-refractivity contribution in [1.29, 1.82) is 0 Å². The molecule has 5 atom stereocenters. The molecule has 0 aromatic heterocycles. The van der Waals surface area contributed by atoms with Gasteiger partial charge in [-0.15, -0.1) is 0 Å². The minimum atomic E-state index is 0.426. The van der Waals surface area contributed by atoms with Crippen LogP contribution in [0.25, 0.3) is 0 Å². The summed E-state index contributed by atoms with van der Waals surface area (Å²) in [6.45, 7) is 2.25. The van der Waals surface area contributed by atoms with Gasteiger partial charge < -0.3 is 0 Å². The van der Waals surface area contributed by atoms with Crippen molar-refractivity contribution < 1.29 is 4.79 Å². The summed E-state index contributed by atoms with van der Waals surface area (Å²) in [5.74, 6) is 3.72. The van der Waals surface area contributed by atoms with Crippen LogP contribution in [0.3, 0.4) is 0 Å². The molecule has 0 aliphatic heterocycles. The summed E-state index contributed by atoms with van der Waals surface area (Å²) in [5, 5.41) is 0. The summed E-state index contributed by atoms with van der Waals surface area (Å²) < 4.78 is 0. The molecule has 12 heavy (non-hydrogen) atoms. The Balaban J connectivity index is 2.03. The number of hydrogen-bond donors (Lipinski definition) is 0. The summed E-state index contributed by atoms with van der Waals surface area (Å²) in [5.41, 5.74) is 0. The van der Waals surface area contributed by atoms with Gasteiger partial charge in [0.2, 0.25) is 0 Å². The monoisotopic (exact) mass is 162 g/mol. The third-order valence-electron chi connectivity index (χ3n) is 4.07. The quantitative estimate of drug-likeness (QED) is 0.498. The maximum atomic E-state index is 11.6. The Labute approximate surface area is 72.8 Å². The van der Waals surface area contributed by atoms with Crippen molar-refractivity contribution in [2.75, 3.05) is 0 Å². The number of carbonyl (C=O) groups excluding carboxylic acids is 1. The topological polar surface area (TPSA) is 17.1 Å². The van der Waals surface area contributed by atoms with E-state index in [1.54, 1.807) is 0 Å². The van der Waals surface area contributed by atoms with Crippen LogP contribution in [0.1, 0.15) is 19.8 Å². The van der Waals surface area contributed by atoms with Crippen molar-refractivity contribution in [3.63, 3.8) is 0 Å². The van der Waals surface area contributed by atoms with Gasteiger partial charge in [0.15, 0.2) is 0 Å². The molecule has 0 aromatic carbocycles. The molecular formula is C11H14O. The molecule has 0 heterocycles. The van der Waals surface area contributed by atoms with Gasteiger partial charge in [-0.1, -0.05) is 19.1 Å². The predicted molar refractivity (Wildman–Crippen MR) is 46.5 cm³/mol. The van der Waals surface area contributed by atoms with Crippen LogP contribution >= 0.6 is 0 Å². The highest BCUT2D eigenvalue weighted by Crippen LogP contribution is 2.55. The van der Waals surface area contributed by atoms with E-state index < -0.39 is 0 Å². The van der Waals surface area contributed by atoms with Crippen LogP contribution in [0, 0.1) is 29.6 Å². The van der Waals surface area contributed by atoms with Crippen molar-refractivity contribution in [2.24, 2.45) is 29.6 Å². The average molecular weight is 162 g/mol. The average Bonchev–Trinajstić information content (AvgIpc) is 2.64. The van der Waals surface area contributed by atoms with Crippen LogP contribution in [0.5, 0.6) is 0 Å². The summed E-state index contributed by atoms with van der Waals surface area (Å²) in [4.78, 5) is 11.6. The summed E-state index contributed by atoms with van der Waals surface area (Å²) in [6, 6.07) is 0. The van der Waals surface area contributed by atoms with Crippen LogP contribution in [0.4, 0.5) is 0 Å². The Morgan fingerprint density at radius 3 is 2.83 bits per heavy atom. The molecule has 1 nitrogen and oxygen atoms in total.